The van der Waals surface area contributed by atoms with Crippen LogP contribution in [0.4, 0.5) is 0 Å². The Bertz CT molecular complexity index is 316. The van der Waals surface area contributed by atoms with Crippen molar-refractivity contribution in [2.45, 2.75) is 26.7 Å². The lowest BCUT2D eigenvalue weighted by molar-refractivity contribution is 0.112. The van der Waals surface area contributed by atoms with Gasteiger partial charge in [-0.3, -0.25) is 4.79 Å². The van der Waals surface area contributed by atoms with E-state index in [0.717, 1.165) is 30.3 Å². The molecule has 0 spiro atoms. The Morgan fingerprint density at radius 3 is 2.69 bits per heavy atom. The van der Waals surface area contributed by atoms with Crippen LogP contribution in [0.2, 0.25) is 0 Å². The molecule has 2 nitrogen and oxygen atoms in total. The first kappa shape index (κ1) is 9.78. The van der Waals surface area contributed by atoms with Crippen molar-refractivity contribution in [3.63, 3.8) is 0 Å². The van der Waals surface area contributed by atoms with E-state index < -0.39 is 0 Å². The fourth-order valence-electron chi connectivity index (χ4n) is 1.38. The number of aryl methyl sites for hydroxylation is 2. The average Bonchev–Trinajstić information content (AvgIpc) is 2.12. The van der Waals surface area contributed by atoms with Gasteiger partial charge in [-0.2, -0.15) is 0 Å². The molecular formula is C11H14O2. The number of carbonyl (C=O) groups is 1. The predicted molar refractivity (Wildman–Crippen MR) is 52.2 cm³/mol. The zero-order valence-electron chi connectivity index (χ0n) is 8.00. The third-order valence-corrected chi connectivity index (χ3v) is 2.15. The Hall–Kier alpha value is -1.31. The van der Waals surface area contributed by atoms with Gasteiger partial charge in [0.15, 0.2) is 6.29 Å². The monoisotopic (exact) mass is 178 g/mol. The van der Waals surface area contributed by atoms with E-state index >= 15 is 0 Å². The number of phenolic OH excluding ortho intramolecular Hbond substituents is 1. The van der Waals surface area contributed by atoms with E-state index in [2.05, 4.69) is 0 Å². The number of benzene rings is 1. The molecule has 0 fully saturated rings. The highest BCUT2D eigenvalue weighted by Crippen LogP contribution is 2.24. The van der Waals surface area contributed by atoms with E-state index in [1.165, 1.54) is 0 Å². The Balaban J connectivity index is 3.21. The van der Waals surface area contributed by atoms with E-state index in [1.807, 2.05) is 19.1 Å². The molecule has 2 heteroatoms. The fourth-order valence-corrected chi connectivity index (χ4v) is 1.38. The number of hydrogen-bond acceptors (Lipinski definition) is 2. The molecule has 0 saturated carbocycles. The van der Waals surface area contributed by atoms with Crippen LogP contribution in [-0.4, -0.2) is 11.4 Å². The minimum atomic E-state index is 0.126. The van der Waals surface area contributed by atoms with E-state index in [9.17, 15) is 9.90 Å². The molecule has 0 unspecified atom stereocenters. The standard InChI is InChI=1S/C11H14O2/c1-3-4-9-6-5-8(2)11(13)10(9)7-12/h5-7,13H,3-4H2,1-2H3. The summed E-state index contributed by atoms with van der Waals surface area (Å²) < 4.78 is 0. The molecule has 70 valence electrons. The molecule has 0 heterocycles. The van der Waals surface area contributed by atoms with Crippen molar-refractivity contribution in [1.82, 2.24) is 0 Å². The van der Waals surface area contributed by atoms with E-state index in [4.69, 9.17) is 0 Å². The van der Waals surface area contributed by atoms with Crippen LogP contribution in [-0.2, 0) is 6.42 Å². The van der Waals surface area contributed by atoms with Crippen LogP contribution in [0.25, 0.3) is 0 Å². The van der Waals surface area contributed by atoms with Crippen molar-refractivity contribution in [3.8, 4) is 5.75 Å². The van der Waals surface area contributed by atoms with Gasteiger partial charge in [0.2, 0.25) is 0 Å². The van der Waals surface area contributed by atoms with Gasteiger partial charge in [0.1, 0.15) is 5.75 Å². The maximum atomic E-state index is 10.7. The zero-order valence-corrected chi connectivity index (χ0v) is 8.00. The smallest absolute Gasteiger partial charge is 0.154 e. The summed E-state index contributed by atoms with van der Waals surface area (Å²) in [6.45, 7) is 3.84. The number of phenols is 1. The van der Waals surface area contributed by atoms with Crippen molar-refractivity contribution < 1.29 is 9.90 Å². The Morgan fingerprint density at radius 1 is 1.46 bits per heavy atom. The lowest BCUT2D eigenvalue weighted by Gasteiger charge is -2.07. The molecule has 0 aromatic heterocycles. The van der Waals surface area contributed by atoms with Crippen LogP contribution in [0, 0.1) is 6.92 Å². The second kappa shape index (κ2) is 4.08. The van der Waals surface area contributed by atoms with Crippen LogP contribution < -0.4 is 0 Å². The molecule has 1 aromatic rings. The van der Waals surface area contributed by atoms with Crippen molar-refractivity contribution in [3.05, 3.63) is 28.8 Å². The predicted octanol–water partition coefficient (Wildman–Crippen LogP) is 2.47. The lowest BCUT2D eigenvalue weighted by atomic mass is 10.0. The van der Waals surface area contributed by atoms with E-state index in [-0.39, 0.29) is 5.75 Å². The van der Waals surface area contributed by atoms with Gasteiger partial charge in [0, 0.05) is 0 Å². The molecule has 0 aliphatic heterocycles. The summed E-state index contributed by atoms with van der Waals surface area (Å²) in [6.07, 6.45) is 2.54. The average molecular weight is 178 g/mol. The molecule has 0 aliphatic carbocycles. The Kier molecular flexibility index (Phi) is 3.07. The maximum absolute atomic E-state index is 10.7. The molecule has 13 heavy (non-hydrogen) atoms. The SMILES string of the molecule is CCCc1ccc(C)c(O)c1C=O. The number of hydrogen-bond donors (Lipinski definition) is 1. The van der Waals surface area contributed by atoms with Gasteiger partial charge < -0.3 is 5.11 Å². The minimum absolute atomic E-state index is 0.126. The third-order valence-electron chi connectivity index (χ3n) is 2.15. The van der Waals surface area contributed by atoms with E-state index in [0.29, 0.717) is 5.56 Å². The van der Waals surface area contributed by atoms with Crippen molar-refractivity contribution in [2.75, 3.05) is 0 Å². The quantitative estimate of drug-likeness (QED) is 0.722. The second-order valence-corrected chi connectivity index (χ2v) is 3.17. The number of carbonyl (C=O) groups excluding carboxylic acids is 1. The first-order chi connectivity index (χ1) is 6.20. The summed E-state index contributed by atoms with van der Waals surface area (Å²) in [5.41, 5.74) is 2.13. The van der Waals surface area contributed by atoms with Gasteiger partial charge in [-0.05, 0) is 24.5 Å². The summed E-state index contributed by atoms with van der Waals surface area (Å²) in [5, 5.41) is 9.57. The topological polar surface area (TPSA) is 37.3 Å². The normalized spacial score (nSPS) is 10.0. The van der Waals surface area contributed by atoms with Gasteiger partial charge in [0.25, 0.3) is 0 Å². The first-order valence-corrected chi connectivity index (χ1v) is 4.47. The molecular weight excluding hydrogens is 164 g/mol. The summed E-state index contributed by atoms with van der Waals surface area (Å²) in [7, 11) is 0. The van der Waals surface area contributed by atoms with Crippen LogP contribution in [0.3, 0.4) is 0 Å². The van der Waals surface area contributed by atoms with Gasteiger partial charge in [-0.25, -0.2) is 0 Å². The highest BCUT2D eigenvalue weighted by Gasteiger charge is 2.08. The summed E-state index contributed by atoms with van der Waals surface area (Å²) >= 11 is 0. The zero-order chi connectivity index (χ0) is 9.84. The third kappa shape index (κ3) is 1.89. The Morgan fingerprint density at radius 2 is 2.15 bits per heavy atom. The molecule has 0 radical (unpaired) electrons. The van der Waals surface area contributed by atoms with Crippen molar-refractivity contribution in [1.29, 1.82) is 0 Å². The first-order valence-electron chi connectivity index (χ1n) is 4.47. The highest BCUT2D eigenvalue weighted by molar-refractivity contribution is 5.82. The van der Waals surface area contributed by atoms with Gasteiger partial charge >= 0.3 is 0 Å². The van der Waals surface area contributed by atoms with Crippen molar-refractivity contribution in [2.24, 2.45) is 0 Å². The fraction of sp³-hybridized carbons (Fsp3) is 0.364. The van der Waals surface area contributed by atoms with E-state index in [1.54, 1.807) is 6.92 Å². The molecule has 0 aliphatic rings. The van der Waals surface area contributed by atoms with Crippen LogP contribution in [0.1, 0.15) is 34.8 Å². The van der Waals surface area contributed by atoms with Gasteiger partial charge in [0.05, 0.1) is 5.56 Å². The molecule has 1 rings (SSSR count). The highest BCUT2D eigenvalue weighted by atomic mass is 16.3. The minimum Gasteiger partial charge on any atom is -0.507 e. The largest absolute Gasteiger partial charge is 0.507 e. The molecule has 0 amide bonds. The summed E-state index contributed by atoms with van der Waals surface area (Å²) in [6, 6.07) is 3.75. The Labute approximate surface area is 78.2 Å². The van der Waals surface area contributed by atoms with Crippen LogP contribution in [0.15, 0.2) is 12.1 Å². The number of rotatable bonds is 3. The summed E-state index contributed by atoms with van der Waals surface area (Å²) in [5.74, 6) is 0.126. The van der Waals surface area contributed by atoms with Crippen molar-refractivity contribution >= 4 is 6.29 Å². The molecule has 0 saturated heterocycles. The van der Waals surface area contributed by atoms with Gasteiger partial charge in [-0.15, -0.1) is 0 Å². The second-order valence-electron chi connectivity index (χ2n) is 3.17. The van der Waals surface area contributed by atoms with Crippen LogP contribution in [0.5, 0.6) is 5.75 Å². The lowest BCUT2D eigenvalue weighted by Crippen LogP contribution is -1.94. The summed E-state index contributed by atoms with van der Waals surface area (Å²) in [4.78, 5) is 10.7. The molecule has 0 atom stereocenters. The van der Waals surface area contributed by atoms with Crippen LogP contribution >= 0.6 is 0 Å². The maximum Gasteiger partial charge on any atom is 0.154 e. The molecule has 1 N–H and O–H groups in total. The number of aromatic hydroxyl groups is 1. The number of aldehydes is 1. The molecule has 0 bridgehead atoms. The molecule has 1 aromatic carbocycles. The van der Waals surface area contributed by atoms with Gasteiger partial charge in [-0.1, -0.05) is 25.5 Å².